The molecule has 0 N–H and O–H groups in total. The molecule has 10 heteroatoms. The lowest BCUT2D eigenvalue weighted by Gasteiger charge is -2.12. The Morgan fingerprint density at radius 1 is 0.947 bits per heavy atom. The van der Waals surface area contributed by atoms with Crippen LogP contribution in [0.1, 0.15) is 61.4 Å². The average molecular weight is 556 g/mol. The van der Waals surface area contributed by atoms with Crippen LogP contribution in [0.2, 0.25) is 5.02 Å². The maximum absolute atomic E-state index is 6.25. The van der Waals surface area contributed by atoms with E-state index in [0.29, 0.717) is 5.02 Å². The molecule has 38 heavy (non-hydrogen) atoms. The molecule has 1 atom stereocenters. The van der Waals surface area contributed by atoms with Gasteiger partial charge in [-0.3, -0.25) is 9.56 Å². The molecule has 7 nitrogen and oxygen atoms in total. The topological polar surface area (TPSA) is 81.7 Å². The van der Waals surface area contributed by atoms with Crippen molar-refractivity contribution in [3.05, 3.63) is 103 Å². The Bertz CT molecular complexity index is 1720. The van der Waals surface area contributed by atoms with Gasteiger partial charge in [-0.15, -0.1) is 43.1 Å². The second-order valence-electron chi connectivity index (χ2n) is 8.90. The van der Waals surface area contributed by atoms with Crippen molar-refractivity contribution in [2.45, 2.75) is 39.7 Å². The predicted octanol–water partition coefficient (Wildman–Crippen LogP) is 6.08. The first-order valence-electron chi connectivity index (χ1n) is 12.1. The van der Waals surface area contributed by atoms with E-state index < -0.39 is 0 Å². The third-order valence-electron chi connectivity index (χ3n) is 6.29. The van der Waals surface area contributed by atoms with Gasteiger partial charge in [0.15, 0.2) is 5.82 Å². The lowest BCUT2D eigenvalue weighted by molar-refractivity contribution is 0.603. The van der Waals surface area contributed by atoms with E-state index in [1.807, 2.05) is 56.3 Å². The summed E-state index contributed by atoms with van der Waals surface area (Å²) in [6.45, 7) is 6.05. The van der Waals surface area contributed by atoms with E-state index in [9.17, 15) is 0 Å². The highest BCUT2D eigenvalue weighted by atomic mass is 35.5. The second kappa shape index (κ2) is 10.2. The standard InChI is InChI=1S/C28H22ClN7S2/c1-16-23(13-11-21-6-4-5-15-30-21)38-28-25(16)26(19-7-9-20(29)10-8-19)31-22(27-35-32-17(2)36(27)28)12-14-24-34-33-18(3)37-24/h4-10,15,22H,12,14H2,1-3H3/t22-/m0/s1. The van der Waals surface area contributed by atoms with Crippen molar-refractivity contribution in [3.63, 3.8) is 0 Å². The number of aliphatic imine (C=N–C) groups is 1. The van der Waals surface area contributed by atoms with Crippen LogP contribution >= 0.6 is 34.3 Å². The molecule has 1 aliphatic heterocycles. The Hall–Kier alpha value is -3.71. The van der Waals surface area contributed by atoms with Gasteiger partial charge in [0, 0.05) is 28.8 Å². The monoisotopic (exact) mass is 555 g/mol. The van der Waals surface area contributed by atoms with Crippen molar-refractivity contribution in [1.29, 1.82) is 0 Å². The molecule has 1 aromatic carbocycles. The zero-order valence-corrected chi connectivity index (χ0v) is 23.3. The minimum atomic E-state index is -0.201. The number of halogens is 1. The Balaban J connectivity index is 1.51. The van der Waals surface area contributed by atoms with Crippen molar-refractivity contribution in [1.82, 2.24) is 29.9 Å². The van der Waals surface area contributed by atoms with Gasteiger partial charge in [-0.1, -0.05) is 29.8 Å². The highest BCUT2D eigenvalue weighted by Crippen LogP contribution is 2.40. The van der Waals surface area contributed by atoms with Gasteiger partial charge in [-0.05, 0) is 68.9 Å². The molecule has 0 amide bonds. The second-order valence-corrected chi connectivity index (χ2v) is 11.6. The van der Waals surface area contributed by atoms with Crippen LogP contribution in [0.15, 0.2) is 53.7 Å². The van der Waals surface area contributed by atoms with Gasteiger partial charge in [-0.2, -0.15) is 0 Å². The maximum atomic E-state index is 6.25. The van der Waals surface area contributed by atoms with Crippen LogP contribution in [0.25, 0.3) is 5.00 Å². The molecule has 6 rings (SSSR count). The van der Waals surface area contributed by atoms with Crippen molar-refractivity contribution in [3.8, 4) is 16.8 Å². The van der Waals surface area contributed by atoms with Gasteiger partial charge in [0.2, 0.25) is 0 Å². The van der Waals surface area contributed by atoms with E-state index in [4.69, 9.17) is 16.6 Å². The van der Waals surface area contributed by atoms with Crippen LogP contribution in [0.4, 0.5) is 0 Å². The van der Waals surface area contributed by atoms with Gasteiger partial charge in [0.25, 0.3) is 0 Å². The average Bonchev–Trinajstić information content (AvgIpc) is 3.58. The lowest BCUT2D eigenvalue weighted by Crippen LogP contribution is -2.08. The summed E-state index contributed by atoms with van der Waals surface area (Å²) < 4.78 is 2.14. The predicted molar refractivity (Wildman–Crippen MR) is 152 cm³/mol. The molecule has 0 fully saturated rings. The number of thiophene rings is 1. The van der Waals surface area contributed by atoms with Crippen molar-refractivity contribution in [2.75, 3.05) is 0 Å². The van der Waals surface area contributed by atoms with Crippen LogP contribution in [0.5, 0.6) is 0 Å². The highest BCUT2D eigenvalue weighted by Gasteiger charge is 2.31. The number of rotatable bonds is 4. The third-order valence-corrected chi connectivity index (χ3v) is 8.63. The molecule has 0 aliphatic carbocycles. The first-order valence-corrected chi connectivity index (χ1v) is 14.1. The number of hydrogen-bond donors (Lipinski definition) is 0. The highest BCUT2D eigenvalue weighted by molar-refractivity contribution is 7.15. The van der Waals surface area contributed by atoms with Crippen molar-refractivity contribution >= 4 is 40.0 Å². The Labute approximate surface area is 233 Å². The number of fused-ring (bicyclic) bond motifs is 3. The number of hydrogen-bond acceptors (Lipinski definition) is 8. The summed E-state index contributed by atoms with van der Waals surface area (Å²) in [6, 6.07) is 13.4. The molecular weight excluding hydrogens is 534 g/mol. The third kappa shape index (κ3) is 4.67. The summed E-state index contributed by atoms with van der Waals surface area (Å²) in [5.74, 6) is 8.20. The zero-order valence-electron chi connectivity index (χ0n) is 20.9. The van der Waals surface area contributed by atoms with E-state index in [1.54, 1.807) is 28.9 Å². The van der Waals surface area contributed by atoms with Crippen molar-refractivity contribution in [2.24, 2.45) is 4.99 Å². The largest absolute Gasteiger partial charge is 0.273 e. The first kappa shape index (κ1) is 24.6. The number of benzene rings is 1. The van der Waals surface area contributed by atoms with Crippen molar-refractivity contribution < 1.29 is 0 Å². The summed E-state index contributed by atoms with van der Waals surface area (Å²) in [7, 11) is 0. The molecule has 0 saturated carbocycles. The Kier molecular flexibility index (Phi) is 6.62. The maximum Gasteiger partial charge on any atom is 0.163 e. The number of nitrogens with zero attached hydrogens (tertiary/aromatic N) is 7. The van der Waals surface area contributed by atoms with E-state index >= 15 is 0 Å². The summed E-state index contributed by atoms with van der Waals surface area (Å²) in [5.41, 5.74) is 4.74. The lowest BCUT2D eigenvalue weighted by atomic mass is 9.99. The summed E-state index contributed by atoms with van der Waals surface area (Å²) in [6.07, 6.45) is 3.25. The van der Waals surface area contributed by atoms with Crippen LogP contribution in [0.3, 0.4) is 0 Å². The number of aryl methyl sites for hydroxylation is 3. The summed E-state index contributed by atoms with van der Waals surface area (Å²) in [5, 5.41) is 21.2. The van der Waals surface area contributed by atoms with Crippen LogP contribution < -0.4 is 0 Å². The number of pyridine rings is 1. The van der Waals surface area contributed by atoms with E-state index in [2.05, 4.69) is 48.7 Å². The molecule has 1 aliphatic rings. The Morgan fingerprint density at radius 3 is 2.53 bits per heavy atom. The fraction of sp³-hybridized carbons (Fsp3) is 0.214. The summed E-state index contributed by atoms with van der Waals surface area (Å²) >= 11 is 9.50. The SMILES string of the molecule is Cc1nnc(CC[C@@H]2N=C(c3ccc(Cl)cc3)c3c(sc(C#Cc4ccccn4)c3C)-n3c(C)nnc32)s1. The van der Waals surface area contributed by atoms with Gasteiger partial charge in [0.05, 0.1) is 10.6 Å². The smallest absolute Gasteiger partial charge is 0.163 e. The molecule has 0 unspecified atom stereocenters. The molecule has 0 radical (unpaired) electrons. The summed E-state index contributed by atoms with van der Waals surface area (Å²) in [4.78, 5) is 10.7. The van der Waals surface area contributed by atoms with Gasteiger partial charge in [-0.25, -0.2) is 4.98 Å². The molecular formula is C28H22ClN7S2. The zero-order chi connectivity index (χ0) is 26.2. The first-order chi connectivity index (χ1) is 18.5. The minimum absolute atomic E-state index is 0.201. The molecule has 0 spiro atoms. The molecule has 4 aromatic heterocycles. The van der Waals surface area contributed by atoms with E-state index in [0.717, 1.165) is 72.5 Å². The van der Waals surface area contributed by atoms with Crippen LogP contribution in [-0.4, -0.2) is 35.7 Å². The fourth-order valence-electron chi connectivity index (χ4n) is 4.45. The molecule has 0 bridgehead atoms. The minimum Gasteiger partial charge on any atom is -0.273 e. The van der Waals surface area contributed by atoms with E-state index in [1.165, 1.54) is 0 Å². The van der Waals surface area contributed by atoms with Gasteiger partial charge >= 0.3 is 0 Å². The normalized spacial score (nSPS) is 14.2. The van der Waals surface area contributed by atoms with Crippen LogP contribution in [-0.2, 0) is 6.42 Å². The quantitative estimate of drug-likeness (QED) is 0.251. The molecule has 0 saturated heterocycles. The fourth-order valence-corrected chi connectivity index (χ4v) is 6.52. The van der Waals surface area contributed by atoms with Crippen LogP contribution in [0, 0.1) is 32.6 Å². The van der Waals surface area contributed by atoms with Gasteiger partial charge in [0.1, 0.15) is 32.6 Å². The molecule has 188 valence electrons. The Morgan fingerprint density at radius 2 is 1.79 bits per heavy atom. The number of aromatic nitrogens is 6. The molecule has 5 aromatic rings. The van der Waals surface area contributed by atoms with E-state index in [-0.39, 0.29) is 6.04 Å². The molecule has 5 heterocycles. The van der Waals surface area contributed by atoms with Gasteiger partial charge < -0.3 is 0 Å².